The van der Waals surface area contributed by atoms with Gasteiger partial charge in [0.05, 0.1) is 10.9 Å². The highest BCUT2D eigenvalue weighted by Crippen LogP contribution is 2.28. The van der Waals surface area contributed by atoms with Crippen LogP contribution in [-0.2, 0) is 16.6 Å². The number of rotatable bonds is 7. The molecule has 5 aromatic rings. The fraction of sp³-hybridized carbons (Fsp3) is 0.167. The Morgan fingerprint density at radius 2 is 1.91 bits per heavy atom. The van der Waals surface area contributed by atoms with Gasteiger partial charge in [0, 0.05) is 34.7 Å². The van der Waals surface area contributed by atoms with Gasteiger partial charge in [-0.25, -0.2) is 13.1 Å². The molecule has 8 nitrogen and oxygen atoms in total. The lowest BCUT2D eigenvalue weighted by atomic mass is 10.1. The third kappa shape index (κ3) is 4.13. The van der Waals surface area contributed by atoms with E-state index in [0.29, 0.717) is 28.5 Å². The van der Waals surface area contributed by atoms with E-state index in [9.17, 15) is 8.42 Å². The Bertz CT molecular complexity index is 1610. The van der Waals surface area contributed by atoms with E-state index in [1.807, 2.05) is 49.5 Å². The van der Waals surface area contributed by atoms with Crippen LogP contribution in [0.1, 0.15) is 25.7 Å². The number of fused-ring (bicyclic) bond motifs is 2. The van der Waals surface area contributed by atoms with Crippen molar-refractivity contribution in [3.8, 4) is 11.8 Å². The number of sulfonamides is 1. The molecule has 174 valence electrons. The molecule has 0 saturated carbocycles. The third-order valence-corrected chi connectivity index (χ3v) is 7.50. The second-order valence-electron chi connectivity index (χ2n) is 7.88. The molecule has 10 heteroatoms. The highest BCUT2D eigenvalue weighted by Gasteiger charge is 2.24. The summed E-state index contributed by atoms with van der Waals surface area (Å²) in [5.41, 5.74) is 0.942. The zero-order valence-electron chi connectivity index (χ0n) is 18.5. The van der Waals surface area contributed by atoms with Crippen LogP contribution < -0.4 is 9.46 Å². The van der Waals surface area contributed by atoms with Gasteiger partial charge in [-0.3, -0.25) is 4.57 Å². The summed E-state index contributed by atoms with van der Waals surface area (Å²) in [4.78, 5) is 3.27. The van der Waals surface area contributed by atoms with Crippen molar-refractivity contribution < 1.29 is 13.2 Å². The predicted molar refractivity (Wildman–Crippen MR) is 132 cm³/mol. The summed E-state index contributed by atoms with van der Waals surface area (Å²) in [6.45, 7) is 4.14. The topological polar surface area (TPSA) is 102 Å². The number of hydrogen-bond donors (Lipinski definition) is 2. The lowest BCUT2D eigenvalue weighted by molar-refractivity contribution is 0.408. The van der Waals surface area contributed by atoms with Gasteiger partial charge in [0.1, 0.15) is 5.75 Å². The Morgan fingerprint density at radius 1 is 1.09 bits per heavy atom. The van der Waals surface area contributed by atoms with E-state index < -0.39 is 16.1 Å². The Balaban J connectivity index is 1.40. The minimum atomic E-state index is -3.84. The first-order chi connectivity index (χ1) is 16.4. The SMILES string of the molecule is CCn1c(Oc2ccc3cc[nH]c3c2)nnc1[C@@H](C)NS(=O)(=O)c1ccc2cccc(Cl)c2c1. The summed E-state index contributed by atoms with van der Waals surface area (Å²) in [6, 6.07) is 17.6. The summed E-state index contributed by atoms with van der Waals surface area (Å²) in [7, 11) is -3.84. The quantitative estimate of drug-likeness (QED) is 0.314. The molecule has 0 fully saturated rings. The van der Waals surface area contributed by atoms with E-state index in [0.717, 1.165) is 16.3 Å². The number of halogens is 1. The maximum Gasteiger partial charge on any atom is 0.322 e. The molecule has 0 aliphatic carbocycles. The van der Waals surface area contributed by atoms with Gasteiger partial charge in [-0.15, -0.1) is 5.10 Å². The smallest absolute Gasteiger partial charge is 0.322 e. The van der Waals surface area contributed by atoms with Crippen LogP contribution in [0.4, 0.5) is 0 Å². The number of hydrogen-bond acceptors (Lipinski definition) is 5. The van der Waals surface area contributed by atoms with Gasteiger partial charge >= 0.3 is 6.01 Å². The van der Waals surface area contributed by atoms with Gasteiger partial charge in [0.25, 0.3) is 0 Å². The number of aromatic amines is 1. The first kappa shape index (κ1) is 22.4. The van der Waals surface area contributed by atoms with E-state index in [1.165, 1.54) is 0 Å². The molecule has 0 amide bonds. The molecule has 3 aromatic carbocycles. The second-order valence-corrected chi connectivity index (χ2v) is 10.0. The summed E-state index contributed by atoms with van der Waals surface area (Å²) in [6.07, 6.45) is 1.86. The maximum absolute atomic E-state index is 13.1. The standard InChI is InChI=1S/C24H22ClN5O3S/c1-3-30-23(27-28-24(30)33-18-9-7-17-11-12-26-22(17)13-18)15(2)29-34(31,32)19-10-8-16-5-4-6-21(25)20(16)14-19/h4-15,26,29H,3H2,1-2H3/t15-/m1/s1. The van der Waals surface area contributed by atoms with Gasteiger partial charge in [-0.1, -0.05) is 34.9 Å². The number of benzene rings is 3. The normalized spacial score (nSPS) is 12.9. The molecule has 0 radical (unpaired) electrons. The Kier molecular flexibility index (Phi) is 5.76. The monoisotopic (exact) mass is 495 g/mol. The van der Waals surface area contributed by atoms with Gasteiger partial charge in [-0.2, -0.15) is 0 Å². The Labute approximate surface area is 201 Å². The molecule has 5 rings (SSSR count). The number of aromatic nitrogens is 4. The number of ether oxygens (including phenoxy) is 1. The zero-order valence-corrected chi connectivity index (χ0v) is 20.1. The highest BCUT2D eigenvalue weighted by atomic mass is 35.5. The fourth-order valence-electron chi connectivity index (χ4n) is 3.92. The predicted octanol–water partition coefficient (Wildman–Crippen LogP) is 5.42. The first-order valence-electron chi connectivity index (χ1n) is 10.7. The maximum atomic E-state index is 13.1. The molecule has 0 spiro atoms. The van der Waals surface area contributed by atoms with Crippen molar-refractivity contribution in [2.45, 2.75) is 31.3 Å². The first-order valence-corrected chi connectivity index (χ1v) is 12.6. The van der Waals surface area contributed by atoms with Crippen molar-refractivity contribution in [3.63, 3.8) is 0 Å². The molecule has 2 heterocycles. The van der Waals surface area contributed by atoms with Crippen LogP contribution in [0.25, 0.3) is 21.7 Å². The van der Waals surface area contributed by atoms with Crippen molar-refractivity contribution in [1.29, 1.82) is 0 Å². The average molecular weight is 496 g/mol. The van der Waals surface area contributed by atoms with E-state index in [4.69, 9.17) is 16.3 Å². The molecule has 0 bridgehead atoms. The lowest BCUT2D eigenvalue weighted by Crippen LogP contribution is -2.29. The van der Waals surface area contributed by atoms with Crippen LogP contribution in [0, 0.1) is 0 Å². The van der Waals surface area contributed by atoms with Crippen LogP contribution in [0.3, 0.4) is 0 Å². The summed E-state index contributed by atoms with van der Waals surface area (Å²) in [5, 5.41) is 11.5. The Morgan fingerprint density at radius 3 is 2.74 bits per heavy atom. The minimum Gasteiger partial charge on any atom is -0.424 e. The van der Waals surface area contributed by atoms with Gasteiger partial charge in [0.2, 0.25) is 10.0 Å². The van der Waals surface area contributed by atoms with Crippen molar-refractivity contribution in [2.24, 2.45) is 0 Å². The van der Waals surface area contributed by atoms with Crippen LogP contribution in [0.2, 0.25) is 5.02 Å². The van der Waals surface area contributed by atoms with Crippen LogP contribution in [0.15, 0.2) is 71.8 Å². The lowest BCUT2D eigenvalue weighted by Gasteiger charge is -2.16. The fourth-order valence-corrected chi connectivity index (χ4v) is 5.39. The molecule has 0 saturated heterocycles. The van der Waals surface area contributed by atoms with Crippen molar-refractivity contribution >= 4 is 43.3 Å². The number of nitrogens with zero attached hydrogens (tertiary/aromatic N) is 3. The molecule has 1 atom stereocenters. The summed E-state index contributed by atoms with van der Waals surface area (Å²) in [5.74, 6) is 1.05. The van der Waals surface area contributed by atoms with Crippen LogP contribution >= 0.6 is 11.6 Å². The van der Waals surface area contributed by atoms with Crippen molar-refractivity contribution in [1.82, 2.24) is 24.5 Å². The number of H-pyrrole nitrogens is 1. The molecule has 0 aliphatic heterocycles. The molecule has 34 heavy (non-hydrogen) atoms. The van der Waals surface area contributed by atoms with Gasteiger partial charge < -0.3 is 9.72 Å². The molecular formula is C24H22ClN5O3S. The summed E-state index contributed by atoms with van der Waals surface area (Å²) >= 11 is 6.26. The minimum absolute atomic E-state index is 0.123. The molecule has 2 aromatic heterocycles. The zero-order chi connectivity index (χ0) is 23.9. The summed E-state index contributed by atoms with van der Waals surface area (Å²) < 4.78 is 36.6. The largest absolute Gasteiger partial charge is 0.424 e. The van der Waals surface area contributed by atoms with Crippen molar-refractivity contribution in [2.75, 3.05) is 0 Å². The molecule has 0 aliphatic rings. The van der Waals surface area contributed by atoms with Gasteiger partial charge in [-0.05, 0) is 61.0 Å². The molecule has 2 N–H and O–H groups in total. The van der Waals surface area contributed by atoms with Gasteiger partial charge in [0.15, 0.2) is 5.82 Å². The highest BCUT2D eigenvalue weighted by molar-refractivity contribution is 7.89. The third-order valence-electron chi connectivity index (χ3n) is 5.63. The van der Waals surface area contributed by atoms with E-state index in [1.54, 1.807) is 35.8 Å². The average Bonchev–Trinajstić information content (AvgIpc) is 3.45. The van der Waals surface area contributed by atoms with E-state index in [-0.39, 0.29) is 10.9 Å². The van der Waals surface area contributed by atoms with E-state index >= 15 is 0 Å². The molecular weight excluding hydrogens is 474 g/mol. The van der Waals surface area contributed by atoms with E-state index in [2.05, 4.69) is 19.9 Å². The Hall–Kier alpha value is -3.40. The van der Waals surface area contributed by atoms with Crippen LogP contribution in [0.5, 0.6) is 11.8 Å². The van der Waals surface area contributed by atoms with Crippen LogP contribution in [-0.4, -0.2) is 28.2 Å². The second kappa shape index (κ2) is 8.75. The molecule has 0 unspecified atom stereocenters. The number of nitrogens with one attached hydrogen (secondary N) is 2. The van der Waals surface area contributed by atoms with Crippen molar-refractivity contribution in [3.05, 3.63) is 77.7 Å².